The van der Waals surface area contributed by atoms with E-state index >= 15 is 0 Å². The largest absolute Gasteiger partial charge is 0.388 e. The number of hydrogen-bond acceptors (Lipinski definition) is 1. The molecule has 1 aliphatic rings. The van der Waals surface area contributed by atoms with Crippen LogP contribution in [0.15, 0.2) is 12.3 Å². The van der Waals surface area contributed by atoms with E-state index in [1.54, 1.807) is 0 Å². The molecule has 0 spiro atoms. The van der Waals surface area contributed by atoms with Crippen LogP contribution >= 0.6 is 0 Å². The van der Waals surface area contributed by atoms with E-state index in [4.69, 9.17) is 0 Å². The Hall–Kier alpha value is -0.460. The molecule has 0 aromatic heterocycles. The third kappa shape index (κ3) is 2.49. The minimum Gasteiger partial charge on any atom is -0.388 e. The summed E-state index contributed by atoms with van der Waals surface area (Å²) < 4.78 is 0. The van der Waals surface area contributed by atoms with E-state index in [-0.39, 0.29) is 0 Å². The molecule has 1 atom stereocenters. The second-order valence-corrected chi connectivity index (χ2v) is 6.18. The van der Waals surface area contributed by atoms with Gasteiger partial charge in [0, 0.05) is 18.2 Å². The standard InChI is InChI=1S/C12H23N/c1-9-10(7-11(2,3)4)12(5,6)8-13-9/h10,13H,1,7-8H2,2-6H3. The maximum atomic E-state index is 4.10. The zero-order valence-electron chi connectivity index (χ0n) is 9.70. The monoisotopic (exact) mass is 181 g/mol. The first-order valence-corrected chi connectivity index (χ1v) is 5.15. The fraction of sp³-hybridized carbons (Fsp3) is 0.833. The van der Waals surface area contributed by atoms with Crippen molar-refractivity contribution < 1.29 is 0 Å². The van der Waals surface area contributed by atoms with Crippen LogP contribution in [0.25, 0.3) is 0 Å². The molecule has 0 bridgehead atoms. The van der Waals surface area contributed by atoms with Crippen molar-refractivity contribution in [2.75, 3.05) is 6.54 Å². The first-order valence-electron chi connectivity index (χ1n) is 5.15. The van der Waals surface area contributed by atoms with Gasteiger partial charge in [-0.05, 0) is 17.3 Å². The van der Waals surface area contributed by atoms with Crippen molar-refractivity contribution in [3.63, 3.8) is 0 Å². The highest BCUT2D eigenvalue weighted by Crippen LogP contribution is 2.42. The molecule has 1 heteroatoms. The molecule has 1 nitrogen and oxygen atoms in total. The molecule has 1 aliphatic heterocycles. The molecular weight excluding hydrogens is 158 g/mol. The van der Waals surface area contributed by atoms with E-state index in [0.29, 0.717) is 16.7 Å². The second-order valence-electron chi connectivity index (χ2n) is 6.18. The van der Waals surface area contributed by atoms with Crippen LogP contribution in [0.3, 0.4) is 0 Å². The van der Waals surface area contributed by atoms with Gasteiger partial charge in [0.2, 0.25) is 0 Å². The summed E-state index contributed by atoms with van der Waals surface area (Å²) in [5.41, 5.74) is 2.02. The maximum Gasteiger partial charge on any atom is 0.0201 e. The lowest BCUT2D eigenvalue weighted by molar-refractivity contribution is 0.215. The van der Waals surface area contributed by atoms with Crippen molar-refractivity contribution >= 4 is 0 Å². The molecule has 1 heterocycles. The molecule has 0 aliphatic carbocycles. The van der Waals surface area contributed by atoms with E-state index in [0.717, 1.165) is 6.54 Å². The molecule has 1 unspecified atom stereocenters. The lowest BCUT2D eigenvalue weighted by Crippen LogP contribution is -2.25. The fourth-order valence-corrected chi connectivity index (χ4v) is 2.07. The molecule has 76 valence electrons. The van der Waals surface area contributed by atoms with Gasteiger partial charge in [-0.15, -0.1) is 0 Å². The summed E-state index contributed by atoms with van der Waals surface area (Å²) in [7, 11) is 0. The highest BCUT2D eigenvalue weighted by atomic mass is 15.0. The van der Waals surface area contributed by atoms with Crippen LogP contribution in [0.2, 0.25) is 0 Å². The predicted octanol–water partition coefficient (Wildman–Crippen LogP) is 3.18. The Balaban J connectivity index is 2.72. The molecule has 1 fully saturated rings. The van der Waals surface area contributed by atoms with E-state index in [2.05, 4.69) is 46.5 Å². The van der Waals surface area contributed by atoms with Gasteiger partial charge in [0.25, 0.3) is 0 Å². The van der Waals surface area contributed by atoms with Gasteiger partial charge in [-0.1, -0.05) is 41.2 Å². The first kappa shape index (κ1) is 10.6. The Morgan fingerprint density at radius 2 is 2.00 bits per heavy atom. The SMILES string of the molecule is C=C1NCC(C)(C)C1CC(C)(C)C. The Labute approximate surface area is 82.6 Å². The summed E-state index contributed by atoms with van der Waals surface area (Å²) in [6, 6.07) is 0. The highest BCUT2D eigenvalue weighted by molar-refractivity contribution is 5.11. The van der Waals surface area contributed by atoms with Crippen LogP contribution in [0.5, 0.6) is 0 Å². The Kier molecular flexibility index (Phi) is 2.48. The summed E-state index contributed by atoms with van der Waals surface area (Å²) in [6.45, 7) is 16.7. The average Bonchev–Trinajstić information content (AvgIpc) is 2.13. The topological polar surface area (TPSA) is 12.0 Å². The van der Waals surface area contributed by atoms with Crippen molar-refractivity contribution in [3.05, 3.63) is 12.3 Å². The second kappa shape index (κ2) is 3.04. The van der Waals surface area contributed by atoms with Crippen molar-refractivity contribution in [2.45, 2.75) is 41.0 Å². The van der Waals surface area contributed by atoms with Crippen molar-refractivity contribution in [1.29, 1.82) is 0 Å². The quantitative estimate of drug-likeness (QED) is 0.655. The van der Waals surface area contributed by atoms with Gasteiger partial charge < -0.3 is 5.32 Å². The van der Waals surface area contributed by atoms with Crippen LogP contribution in [0.4, 0.5) is 0 Å². The Morgan fingerprint density at radius 1 is 1.46 bits per heavy atom. The molecule has 0 amide bonds. The normalized spacial score (nSPS) is 27.5. The van der Waals surface area contributed by atoms with Gasteiger partial charge >= 0.3 is 0 Å². The highest BCUT2D eigenvalue weighted by Gasteiger charge is 2.39. The fourth-order valence-electron chi connectivity index (χ4n) is 2.07. The molecule has 0 aromatic rings. The number of rotatable bonds is 1. The molecule has 0 radical (unpaired) electrons. The Morgan fingerprint density at radius 3 is 2.31 bits per heavy atom. The van der Waals surface area contributed by atoms with Crippen molar-refractivity contribution in [1.82, 2.24) is 5.32 Å². The van der Waals surface area contributed by atoms with Crippen LogP contribution in [-0.4, -0.2) is 6.54 Å². The molecule has 1 N–H and O–H groups in total. The van der Waals surface area contributed by atoms with Crippen LogP contribution < -0.4 is 5.32 Å². The van der Waals surface area contributed by atoms with Crippen LogP contribution in [0.1, 0.15) is 41.0 Å². The van der Waals surface area contributed by atoms with Gasteiger partial charge in [0.05, 0.1) is 0 Å². The maximum absolute atomic E-state index is 4.10. The van der Waals surface area contributed by atoms with Crippen LogP contribution in [-0.2, 0) is 0 Å². The van der Waals surface area contributed by atoms with Gasteiger partial charge in [-0.2, -0.15) is 0 Å². The zero-order valence-corrected chi connectivity index (χ0v) is 9.70. The van der Waals surface area contributed by atoms with Crippen molar-refractivity contribution in [2.24, 2.45) is 16.7 Å². The van der Waals surface area contributed by atoms with E-state index in [1.165, 1.54) is 12.1 Å². The lowest BCUT2D eigenvalue weighted by Gasteiger charge is -2.31. The van der Waals surface area contributed by atoms with Crippen molar-refractivity contribution in [3.8, 4) is 0 Å². The third-order valence-electron chi connectivity index (χ3n) is 2.95. The smallest absolute Gasteiger partial charge is 0.0201 e. The molecule has 13 heavy (non-hydrogen) atoms. The lowest BCUT2D eigenvalue weighted by atomic mass is 9.72. The molecule has 0 aromatic carbocycles. The zero-order chi connectivity index (χ0) is 10.3. The summed E-state index contributed by atoms with van der Waals surface area (Å²) in [5, 5.41) is 3.39. The predicted molar refractivity (Wildman–Crippen MR) is 58.5 cm³/mol. The summed E-state index contributed by atoms with van der Waals surface area (Å²) in [4.78, 5) is 0. The summed E-state index contributed by atoms with van der Waals surface area (Å²) >= 11 is 0. The van der Waals surface area contributed by atoms with Gasteiger partial charge in [-0.25, -0.2) is 0 Å². The minimum atomic E-state index is 0.379. The van der Waals surface area contributed by atoms with Gasteiger partial charge in [0.1, 0.15) is 0 Å². The molecule has 1 rings (SSSR count). The van der Waals surface area contributed by atoms with Gasteiger partial charge in [0.15, 0.2) is 0 Å². The number of allylic oxidation sites excluding steroid dienone is 1. The first-order chi connectivity index (χ1) is 5.72. The average molecular weight is 181 g/mol. The van der Waals surface area contributed by atoms with E-state index in [1.807, 2.05) is 0 Å². The van der Waals surface area contributed by atoms with E-state index < -0.39 is 0 Å². The molecular formula is C12H23N. The minimum absolute atomic E-state index is 0.379. The Bertz CT molecular complexity index is 208. The summed E-state index contributed by atoms with van der Waals surface area (Å²) in [6.07, 6.45) is 1.23. The number of hydrogen-bond donors (Lipinski definition) is 1. The summed E-state index contributed by atoms with van der Waals surface area (Å²) in [5.74, 6) is 0.632. The molecule has 1 saturated heterocycles. The van der Waals surface area contributed by atoms with Crippen LogP contribution in [0, 0.1) is 16.7 Å². The van der Waals surface area contributed by atoms with Gasteiger partial charge in [-0.3, -0.25) is 0 Å². The molecule has 0 saturated carbocycles. The van der Waals surface area contributed by atoms with E-state index in [9.17, 15) is 0 Å². The third-order valence-corrected chi connectivity index (χ3v) is 2.95. The number of nitrogens with one attached hydrogen (secondary N) is 1.